The molecule has 2 nitrogen and oxygen atoms in total. The van der Waals surface area contributed by atoms with Gasteiger partial charge >= 0.3 is 6.18 Å². The van der Waals surface area contributed by atoms with Gasteiger partial charge in [0.15, 0.2) is 0 Å². The van der Waals surface area contributed by atoms with Crippen molar-refractivity contribution in [3.05, 3.63) is 41.1 Å². The maximum atomic E-state index is 13.0. The van der Waals surface area contributed by atoms with Crippen molar-refractivity contribution < 1.29 is 26.0 Å². The third-order valence-electron chi connectivity index (χ3n) is 1.87. The molecule has 1 aromatic rings. The Labute approximate surface area is 95.5 Å². The summed E-state index contributed by atoms with van der Waals surface area (Å²) in [6, 6.07) is 4.84. The van der Waals surface area contributed by atoms with E-state index in [-0.39, 0.29) is 0 Å². The number of sulfone groups is 1. The highest BCUT2D eigenvalue weighted by atomic mass is 32.2. The van der Waals surface area contributed by atoms with Crippen LogP contribution in [0, 0.1) is 6.92 Å². The summed E-state index contributed by atoms with van der Waals surface area (Å²) >= 11 is 0. The molecule has 1 rings (SSSR count). The van der Waals surface area contributed by atoms with E-state index in [1.165, 1.54) is 12.1 Å². The Kier molecular flexibility index (Phi) is 3.61. The summed E-state index contributed by atoms with van der Waals surface area (Å²) in [4.78, 5) is -0.513. The second-order valence-corrected chi connectivity index (χ2v) is 5.17. The van der Waals surface area contributed by atoms with E-state index >= 15 is 0 Å². The molecule has 0 aliphatic heterocycles. The first-order valence-electron chi connectivity index (χ1n) is 4.40. The van der Waals surface area contributed by atoms with Crippen molar-refractivity contribution in [2.75, 3.05) is 0 Å². The molecule has 0 radical (unpaired) electrons. The largest absolute Gasteiger partial charge is 0.413 e. The second-order valence-electron chi connectivity index (χ2n) is 3.31. The van der Waals surface area contributed by atoms with Crippen LogP contribution in [0.5, 0.6) is 0 Å². The Hall–Kier alpha value is -1.37. The minimum atomic E-state index is -5.01. The zero-order valence-electron chi connectivity index (χ0n) is 8.62. The molecule has 0 fully saturated rings. The summed E-state index contributed by atoms with van der Waals surface area (Å²) < 4.78 is 71.3. The molecule has 0 aromatic heterocycles. The van der Waals surface area contributed by atoms with E-state index in [0.717, 1.165) is 12.1 Å². The molecule has 0 aliphatic carbocycles. The standard InChI is InChI=1S/C10H8F4O2S/c1-7-2-4-8(5-3-7)17(15,16)9(11)6-10(12,13)14/h2-6H,1H3/b9-6+. The molecule has 0 aliphatic rings. The fourth-order valence-electron chi connectivity index (χ4n) is 1.04. The molecular weight excluding hydrogens is 260 g/mol. The van der Waals surface area contributed by atoms with Crippen LogP contribution in [0.3, 0.4) is 0 Å². The maximum absolute atomic E-state index is 13.0. The first-order valence-corrected chi connectivity index (χ1v) is 5.88. The SMILES string of the molecule is Cc1ccc(S(=O)(=O)/C(F)=C/C(F)(F)F)cc1. The van der Waals surface area contributed by atoms with Crippen LogP contribution in [0.25, 0.3) is 0 Å². The van der Waals surface area contributed by atoms with Gasteiger partial charge in [0.2, 0.25) is 15.0 Å². The van der Waals surface area contributed by atoms with Crippen molar-refractivity contribution in [1.29, 1.82) is 0 Å². The summed E-state index contributed by atoms with van der Waals surface area (Å²) in [6.07, 6.45) is -5.88. The summed E-state index contributed by atoms with van der Waals surface area (Å²) in [5.74, 6) is 0. The molecule has 7 heteroatoms. The van der Waals surface area contributed by atoms with E-state index in [1.54, 1.807) is 6.92 Å². The monoisotopic (exact) mass is 268 g/mol. The number of hydrogen-bond donors (Lipinski definition) is 0. The fourth-order valence-corrected chi connectivity index (χ4v) is 2.04. The summed E-state index contributed by atoms with van der Waals surface area (Å²) in [7, 11) is -4.71. The molecule has 0 amide bonds. The molecule has 0 atom stereocenters. The number of hydrogen-bond acceptors (Lipinski definition) is 2. The van der Waals surface area contributed by atoms with Gasteiger partial charge in [0, 0.05) is 0 Å². The lowest BCUT2D eigenvalue weighted by molar-refractivity contribution is -0.0809. The van der Waals surface area contributed by atoms with Crippen molar-refractivity contribution in [2.24, 2.45) is 0 Å². The Bertz CT molecular complexity index is 526. The lowest BCUT2D eigenvalue weighted by atomic mass is 10.2. The normalized spacial score (nSPS) is 13.8. The zero-order valence-corrected chi connectivity index (χ0v) is 9.44. The highest BCUT2D eigenvalue weighted by Crippen LogP contribution is 2.26. The molecule has 0 unspecified atom stereocenters. The van der Waals surface area contributed by atoms with Crippen LogP contribution >= 0.6 is 0 Å². The third-order valence-corrected chi connectivity index (χ3v) is 3.39. The van der Waals surface area contributed by atoms with Gasteiger partial charge in [0.05, 0.1) is 11.0 Å². The van der Waals surface area contributed by atoms with Crippen molar-refractivity contribution >= 4 is 9.84 Å². The molecular formula is C10H8F4O2S. The fraction of sp³-hybridized carbons (Fsp3) is 0.200. The van der Waals surface area contributed by atoms with Crippen LogP contribution < -0.4 is 0 Å². The number of halogens is 4. The number of allylic oxidation sites excluding steroid dienone is 1. The van der Waals surface area contributed by atoms with E-state index in [9.17, 15) is 26.0 Å². The smallest absolute Gasteiger partial charge is 0.216 e. The molecule has 0 spiro atoms. The van der Waals surface area contributed by atoms with E-state index in [1.807, 2.05) is 0 Å². The average molecular weight is 268 g/mol. The Morgan fingerprint density at radius 1 is 1.18 bits per heavy atom. The van der Waals surface area contributed by atoms with Crippen molar-refractivity contribution in [2.45, 2.75) is 18.0 Å². The van der Waals surface area contributed by atoms with Gasteiger partial charge in [-0.3, -0.25) is 0 Å². The molecule has 0 saturated carbocycles. The van der Waals surface area contributed by atoms with E-state index in [4.69, 9.17) is 0 Å². The highest BCUT2D eigenvalue weighted by molar-refractivity contribution is 7.95. The van der Waals surface area contributed by atoms with Gasteiger partial charge in [0.1, 0.15) is 0 Å². The topological polar surface area (TPSA) is 34.1 Å². The Morgan fingerprint density at radius 2 is 1.65 bits per heavy atom. The predicted molar refractivity (Wildman–Crippen MR) is 53.6 cm³/mol. The minimum absolute atomic E-state index is 0.513. The lowest BCUT2D eigenvalue weighted by Gasteiger charge is -2.04. The second kappa shape index (κ2) is 4.48. The number of aryl methyl sites for hydroxylation is 1. The summed E-state index contributed by atoms with van der Waals surface area (Å²) in [5, 5.41) is -2.21. The van der Waals surface area contributed by atoms with Gasteiger partial charge in [0.25, 0.3) is 0 Å². The van der Waals surface area contributed by atoms with Gasteiger partial charge in [-0.15, -0.1) is 0 Å². The van der Waals surface area contributed by atoms with Gasteiger partial charge in [-0.1, -0.05) is 17.7 Å². The van der Waals surface area contributed by atoms with Gasteiger partial charge in [-0.2, -0.15) is 17.6 Å². The van der Waals surface area contributed by atoms with E-state index < -0.39 is 32.1 Å². The summed E-state index contributed by atoms with van der Waals surface area (Å²) in [5.41, 5.74) is 0.712. The maximum Gasteiger partial charge on any atom is 0.413 e. The highest BCUT2D eigenvalue weighted by Gasteiger charge is 2.30. The van der Waals surface area contributed by atoms with Crippen molar-refractivity contribution in [3.8, 4) is 0 Å². The molecule has 1 aromatic carbocycles. The average Bonchev–Trinajstić information content (AvgIpc) is 2.15. The first kappa shape index (κ1) is 13.7. The van der Waals surface area contributed by atoms with E-state index in [0.29, 0.717) is 5.56 Å². The summed E-state index contributed by atoms with van der Waals surface area (Å²) in [6.45, 7) is 1.66. The molecule has 94 valence electrons. The minimum Gasteiger partial charge on any atom is -0.216 e. The Balaban J connectivity index is 3.21. The van der Waals surface area contributed by atoms with Crippen molar-refractivity contribution in [3.63, 3.8) is 0 Å². The van der Waals surface area contributed by atoms with Crippen LogP contribution in [-0.2, 0) is 9.84 Å². The van der Waals surface area contributed by atoms with E-state index in [2.05, 4.69) is 0 Å². The quantitative estimate of drug-likeness (QED) is 0.772. The van der Waals surface area contributed by atoms with Gasteiger partial charge in [-0.25, -0.2) is 8.42 Å². The van der Waals surface area contributed by atoms with Gasteiger partial charge in [-0.05, 0) is 19.1 Å². The van der Waals surface area contributed by atoms with Crippen LogP contribution in [0.15, 0.2) is 40.4 Å². The molecule has 0 N–H and O–H groups in total. The number of benzene rings is 1. The zero-order chi connectivity index (χ0) is 13.3. The number of alkyl halides is 3. The molecule has 0 saturated heterocycles. The lowest BCUT2D eigenvalue weighted by Crippen LogP contribution is -2.08. The molecule has 0 heterocycles. The van der Waals surface area contributed by atoms with Crippen LogP contribution in [0.1, 0.15) is 5.56 Å². The van der Waals surface area contributed by atoms with Crippen LogP contribution in [0.4, 0.5) is 17.6 Å². The van der Waals surface area contributed by atoms with Crippen LogP contribution in [-0.4, -0.2) is 14.6 Å². The van der Waals surface area contributed by atoms with Crippen LogP contribution in [0.2, 0.25) is 0 Å². The van der Waals surface area contributed by atoms with Crippen molar-refractivity contribution in [1.82, 2.24) is 0 Å². The Morgan fingerprint density at radius 3 is 2.06 bits per heavy atom. The molecule has 17 heavy (non-hydrogen) atoms. The first-order chi connectivity index (χ1) is 7.63. The molecule has 0 bridgehead atoms. The number of rotatable bonds is 2. The third kappa shape index (κ3) is 3.55. The van der Waals surface area contributed by atoms with Gasteiger partial charge < -0.3 is 0 Å². The predicted octanol–water partition coefficient (Wildman–Crippen LogP) is 3.14.